The summed E-state index contributed by atoms with van der Waals surface area (Å²) < 4.78 is 0. The van der Waals surface area contributed by atoms with Gasteiger partial charge in [-0.05, 0) is 12.1 Å². The number of hydrogen-bond acceptors (Lipinski definition) is 3. The van der Waals surface area contributed by atoms with Crippen LogP contribution < -0.4 is 5.73 Å². The minimum Gasteiger partial charge on any atom is -0.366 e. The second kappa shape index (κ2) is 5.12. The van der Waals surface area contributed by atoms with Crippen LogP contribution in [0.4, 0.5) is 0 Å². The molecule has 1 amide bonds. The van der Waals surface area contributed by atoms with Gasteiger partial charge in [0, 0.05) is 6.20 Å². The maximum Gasteiger partial charge on any atom is 0.250 e. The maximum absolute atomic E-state index is 10.8. The molecule has 2 N–H and O–H groups in total. The van der Waals surface area contributed by atoms with E-state index >= 15 is 0 Å². The Morgan fingerprint density at radius 1 is 1.69 bits per heavy atom. The largest absolute Gasteiger partial charge is 0.366 e. The van der Waals surface area contributed by atoms with Gasteiger partial charge in [-0.25, -0.2) is 0 Å². The van der Waals surface area contributed by atoms with Crippen LogP contribution in [0.3, 0.4) is 0 Å². The molecule has 1 aromatic heterocycles. The number of carbonyl (C=O) groups is 1. The van der Waals surface area contributed by atoms with Gasteiger partial charge in [-0.3, -0.25) is 9.78 Å². The predicted octanol–water partition coefficient (Wildman–Crippen LogP) is 0.668. The Morgan fingerprint density at radius 3 is 2.92 bits per heavy atom. The first-order chi connectivity index (χ1) is 5.75. The number of aromatic nitrogens is 1. The molecule has 0 aliphatic carbocycles. The average Bonchev–Trinajstić information content (AvgIpc) is 2.05. The van der Waals surface area contributed by atoms with E-state index in [2.05, 4.69) is 4.98 Å². The van der Waals surface area contributed by atoms with Gasteiger partial charge in [-0.1, -0.05) is 0 Å². The lowest BCUT2D eigenvalue weighted by atomic mass is 10.1. The molecule has 0 aromatic carbocycles. The summed E-state index contributed by atoms with van der Waals surface area (Å²) in [6.07, 6.45) is 1.64. The van der Waals surface area contributed by atoms with E-state index in [-0.39, 0.29) is 18.8 Å². The molecule has 0 bridgehead atoms. The summed E-state index contributed by atoms with van der Waals surface area (Å²) in [4.78, 5) is 14.6. The number of nitriles is 1. The molecule has 0 atom stereocenters. The second-order valence-electron chi connectivity index (χ2n) is 2.20. The van der Waals surface area contributed by atoms with Crippen LogP contribution in [0.2, 0.25) is 0 Å². The van der Waals surface area contributed by atoms with Crippen molar-refractivity contribution >= 4 is 18.3 Å². The van der Waals surface area contributed by atoms with E-state index in [0.717, 1.165) is 0 Å². The Bertz CT molecular complexity index is 345. The second-order valence-corrected chi connectivity index (χ2v) is 2.20. The number of primary amides is 1. The highest BCUT2D eigenvalue weighted by atomic mass is 35.5. The molecule has 0 saturated carbocycles. The number of pyridine rings is 1. The smallest absolute Gasteiger partial charge is 0.250 e. The van der Waals surface area contributed by atoms with E-state index < -0.39 is 5.91 Å². The molecule has 0 spiro atoms. The average molecular weight is 198 g/mol. The number of halogens is 1. The molecule has 0 unspecified atom stereocenters. The van der Waals surface area contributed by atoms with Crippen molar-refractivity contribution in [3.63, 3.8) is 0 Å². The Labute approximate surface area is 81.8 Å². The van der Waals surface area contributed by atoms with Crippen molar-refractivity contribution in [2.24, 2.45) is 5.73 Å². The zero-order chi connectivity index (χ0) is 8.97. The van der Waals surface area contributed by atoms with Crippen LogP contribution in [-0.2, 0) is 6.42 Å². The Balaban J connectivity index is 0.00000144. The Kier molecular flexibility index (Phi) is 4.49. The van der Waals surface area contributed by atoms with Crippen LogP contribution in [0, 0.1) is 11.3 Å². The number of carbonyl (C=O) groups excluding carboxylic acids is 1. The minimum absolute atomic E-state index is 0. The first-order valence-electron chi connectivity index (χ1n) is 3.36. The summed E-state index contributed by atoms with van der Waals surface area (Å²) >= 11 is 0. The van der Waals surface area contributed by atoms with Gasteiger partial charge in [0.15, 0.2) is 0 Å². The fraction of sp³-hybridized carbons (Fsp3) is 0.125. The first kappa shape index (κ1) is 11.4. The molecular weight excluding hydrogens is 190 g/mol. The van der Waals surface area contributed by atoms with Crippen LogP contribution in [0.5, 0.6) is 0 Å². The number of nitrogens with two attached hydrogens (primary N) is 1. The van der Waals surface area contributed by atoms with Crippen molar-refractivity contribution in [1.29, 1.82) is 5.26 Å². The summed E-state index contributed by atoms with van der Waals surface area (Å²) in [5.74, 6) is -0.548. The molecule has 0 aliphatic heterocycles. The van der Waals surface area contributed by atoms with Gasteiger partial charge in [0.1, 0.15) is 0 Å². The van der Waals surface area contributed by atoms with Gasteiger partial charge >= 0.3 is 0 Å². The predicted molar refractivity (Wildman–Crippen MR) is 49.3 cm³/mol. The van der Waals surface area contributed by atoms with Crippen molar-refractivity contribution in [3.8, 4) is 6.07 Å². The standard InChI is InChI=1S/C8H7N3O.ClH/c9-4-3-7-6(8(10)12)2-1-5-11-7;/h1-2,5H,3H2,(H2,10,12);1H. The molecular formula is C8H8ClN3O. The lowest BCUT2D eigenvalue weighted by Crippen LogP contribution is -2.14. The molecule has 0 saturated heterocycles. The number of hydrogen-bond donors (Lipinski definition) is 1. The third kappa shape index (κ3) is 2.73. The molecule has 0 radical (unpaired) electrons. The molecule has 13 heavy (non-hydrogen) atoms. The van der Waals surface area contributed by atoms with E-state index in [1.54, 1.807) is 12.1 Å². The van der Waals surface area contributed by atoms with Crippen molar-refractivity contribution < 1.29 is 4.79 Å². The SMILES string of the molecule is Cl.N#CCc1ncccc1C(N)=O. The summed E-state index contributed by atoms with van der Waals surface area (Å²) in [5, 5.41) is 8.38. The lowest BCUT2D eigenvalue weighted by molar-refractivity contribution is 0.0999. The van der Waals surface area contributed by atoms with E-state index in [4.69, 9.17) is 11.0 Å². The minimum atomic E-state index is -0.548. The van der Waals surface area contributed by atoms with Gasteiger partial charge in [-0.2, -0.15) is 5.26 Å². The zero-order valence-corrected chi connectivity index (χ0v) is 7.54. The van der Waals surface area contributed by atoms with E-state index in [1.165, 1.54) is 6.20 Å². The van der Waals surface area contributed by atoms with Crippen molar-refractivity contribution in [2.75, 3.05) is 0 Å². The highest BCUT2D eigenvalue weighted by Crippen LogP contribution is 2.03. The van der Waals surface area contributed by atoms with E-state index in [1.807, 2.05) is 6.07 Å². The number of amides is 1. The summed E-state index contributed by atoms with van der Waals surface area (Å²) in [6.45, 7) is 0. The van der Waals surface area contributed by atoms with Gasteiger partial charge < -0.3 is 5.73 Å². The maximum atomic E-state index is 10.8. The van der Waals surface area contributed by atoms with Crippen LogP contribution in [-0.4, -0.2) is 10.9 Å². The van der Waals surface area contributed by atoms with Crippen LogP contribution in [0.1, 0.15) is 16.1 Å². The molecule has 0 aliphatic rings. The van der Waals surface area contributed by atoms with E-state index in [9.17, 15) is 4.79 Å². The molecule has 1 rings (SSSR count). The third-order valence-electron chi connectivity index (χ3n) is 1.40. The molecule has 1 heterocycles. The fourth-order valence-corrected chi connectivity index (χ4v) is 0.878. The monoisotopic (exact) mass is 197 g/mol. The summed E-state index contributed by atoms with van der Waals surface area (Å²) in [5.41, 5.74) is 5.81. The summed E-state index contributed by atoms with van der Waals surface area (Å²) in [7, 11) is 0. The molecule has 1 aromatic rings. The zero-order valence-electron chi connectivity index (χ0n) is 6.73. The highest BCUT2D eigenvalue weighted by molar-refractivity contribution is 5.93. The third-order valence-corrected chi connectivity index (χ3v) is 1.40. The highest BCUT2D eigenvalue weighted by Gasteiger charge is 2.06. The van der Waals surface area contributed by atoms with Gasteiger partial charge in [0.05, 0.1) is 23.7 Å². The lowest BCUT2D eigenvalue weighted by Gasteiger charge is -1.99. The Morgan fingerprint density at radius 2 is 2.38 bits per heavy atom. The van der Waals surface area contributed by atoms with Crippen LogP contribution >= 0.6 is 12.4 Å². The van der Waals surface area contributed by atoms with Gasteiger partial charge in [-0.15, -0.1) is 12.4 Å². The quantitative estimate of drug-likeness (QED) is 0.757. The van der Waals surface area contributed by atoms with Crippen LogP contribution in [0.25, 0.3) is 0 Å². The molecule has 4 nitrogen and oxygen atoms in total. The molecule has 0 fully saturated rings. The fourth-order valence-electron chi connectivity index (χ4n) is 0.878. The summed E-state index contributed by atoms with van der Waals surface area (Å²) in [6, 6.07) is 5.08. The first-order valence-corrected chi connectivity index (χ1v) is 3.36. The normalized spacial score (nSPS) is 8.23. The van der Waals surface area contributed by atoms with Gasteiger partial charge in [0.2, 0.25) is 0 Å². The van der Waals surface area contributed by atoms with Crippen molar-refractivity contribution in [2.45, 2.75) is 6.42 Å². The van der Waals surface area contributed by atoms with Crippen molar-refractivity contribution in [1.82, 2.24) is 4.98 Å². The van der Waals surface area contributed by atoms with E-state index in [0.29, 0.717) is 11.3 Å². The van der Waals surface area contributed by atoms with Gasteiger partial charge in [0.25, 0.3) is 5.91 Å². The van der Waals surface area contributed by atoms with Crippen molar-refractivity contribution in [3.05, 3.63) is 29.6 Å². The molecule has 68 valence electrons. The molecule has 5 heteroatoms. The number of nitrogens with zero attached hydrogens (tertiary/aromatic N) is 2. The topological polar surface area (TPSA) is 79.8 Å². The Hall–Kier alpha value is -1.60. The van der Waals surface area contributed by atoms with Crippen LogP contribution in [0.15, 0.2) is 18.3 Å². The number of rotatable bonds is 2.